The molecule has 6 heterocycles. The van der Waals surface area contributed by atoms with Gasteiger partial charge in [-0.3, -0.25) is 4.79 Å². The molecule has 6 aromatic rings. The maximum absolute atomic E-state index is 12.1. The van der Waals surface area contributed by atoms with Gasteiger partial charge >= 0.3 is 5.97 Å². The average Bonchev–Trinajstić information content (AvgIpc) is 3.98. The van der Waals surface area contributed by atoms with Crippen molar-refractivity contribution in [1.82, 2.24) is 39.2 Å². The number of alkyl halides is 2. The molecule has 2 aliphatic rings. The first-order valence-corrected chi connectivity index (χ1v) is 25.5. The van der Waals surface area contributed by atoms with Crippen LogP contribution in [0.25, 0.3) is 11.3 Å². The highest BCUT2D eigenvalue weighted by molar-refractivity contribution is 9.09. The van der Waals surface area contributed by atoms with Crippen LogP contribution < -0.4 is 27.0 Å². The van der Waals surface area contributed by atoms with Crippen LogP contribution >= 0.6 is 31.9 Å². The number of hydrogen-bond donors (Lipinski definition) is 6. The number of aromatic nitrogens is 8. The van der Waals surface area contributed by atoms with Crippen molar-refractivity contribution < 1.29 is 24.2 Å². The highest BCUT2D eigenvalue weighted by Crippen LogP contribution is 2.25. The molecule has 20 heteroatoms. The van der Waals surface area contributed by atoms with Crippen LogP contribution in [0.5, 0.6) is 0 Å². The summed E-state index contributed by atoms with van der Waals surface area (Å²) in [7, 11) is 0. The maximum Gasteiger partial charge on any atom is 0.328 e. The molecular formula is C49H63Br2N13O5. The maximum atomic E-state index is 12.1. The number of carbonyl (C=O) groups excluding carboxylic acids is 1. The number of carboxylic acid groups (broad SMARTS) is 1. The summed E-state index contributed by atoms with van der Waals surface area (Å²) in [5.74, 6) is 2.32. The van der Waals surface area contributed by atoms with E-state index in [0.717, 1.165) is 103 Å². The minimum atomic E-state index is -0.903. The summed E-state index contributed by atoms with van der Waals surface area (Å²) >= 11 is 6.33. The number of carboxylic acids is 1. The Morgan fingerprint density at radius 3 is 1.62 bits per heavy atom. The third-order valence-corrected chi connectivity index (χ3v) is 11.9. The summed E-state index contributed by atoms with van der Waals surface area (Å²) in [5, 5.41) is 32.0. The summed E-state index contributed by atoms with van der Waals surface area (Å²) in [6, 6.07) is 16.5. The first kappa shape index (κ1) is 52.4. The van der Waals surface area contributed by atoms with Gasteiger partial charge in [0.1, 0.15) is 0 Å². The molecule has 2 aliphatic heterocycles. The van der Waals surface area contributed by atoms with E-state index < -0.39 is 5.97 Å². The average molecular weight is 1070 g/mol. The number of benzene rings is 2. The lowest BCUT2D eigenvalue weighted by molar-refractivity contribution is -0.131. The minimum Gasteiger partial charge on any atom is -0.478 e. The molecule has 2 fully saturated rings. The number of rotatable bonds is 18. The Morgan fingerprint density at radius 1 is 0.710 bits per heavy atom. The normalized spacial score (nSPS) is 14.5. The Kier molecular flexibility index (Phi) is 20.3. The van der Waals surface area contributed by atoms with Crippen molar-refractivity contribution in [2.24, 2.45) is 0 Å². The number of nitrogens with zero attached hydrogens (tertiary/aromatic N) is 8. The smallest absolute Gasteiger partial charge is 0.328 e. The zero-order chi connectivity index (χ0) is 49.1. The summed E-state index contributed by atoms with van der Waals surface area (Å²) in [6.07, 6.45) is 13.9. The van der Waals surface area contributed by atoms with Gasteiger partial charge in [0.25, 0.3) is 0 Å². The first-order valence-electron chi connectivity index (χ1n) is 23.2. The molecule has 0 atom stereocenters. The highest BCUT2D eigenvalue weighted by Gasteiger charge is 2.21. The quantitative estimate of drug-likeness (QED) is 0.0269. The van der Waals surface area contributed by atoms with Crippen LogP contribution in [0.4, 0.5) is 29.5 Å². The van der Waals surface area contributed by atoms with Crippen molar-refractivity contribution in [3.05, 3.63) is 113 Å². The number of nitrogens with two attached hydrogens (primary N) is 1. The molecule has 0 amide bonds. The number of halogens is 2. The molecule has 18 nitrogen and oxygen atoms in total. The standard InChI is InChI=1S/C25H31BrN6O2.C20H27N7O.C4H5BrO2/c1-17(2)22-16-28-32-23(22)30-24(29-20-8-11-34-12-9-20)31-25(32)27-15-19-6-3-5-18(13-19)14-21(33)7-4-10-26;1-13(2)17-12-23-27-18(17)25-19(24-16-6-8-28-9-7-16)26-20(27)22-11-14-4-3-5-15(21)10-14;5-3-1-2-4(6)7/h3-7,13,16-17,20H,8-12,14-15H2,1-2H3,(H2,27,29,30,31);3-5,10,12-13,16H,6-9,11,21H2,1-2H3,(H2,22,24,25,26);1-2H,3H2,(H,6,7)/b7-4+;;2-1+. The van der Waals surface area contributed by atoms with Gasteiger partial charge in [-0.25, -0.2) is 4.79 Å². The molecule has 4 aromatic heterocycles. The predicted octanol–water partition coefficient (Wildman–Crippen LogP) is 8.57. The Morgan fingerprint density at radius 2 is 1.17 bits per heavy atom. The van der Waals surface area contributed by atoms with E-state index in [2.05, 4.69) is 97.1 Å². The van der Waals surface area contributed by atoms with Crippen LogP contribution in [-0.4, -0.2) is 105 Å². The Hall–Kier alpha value is -5.96. The number of allylic oxidation sites excluding steroid dienone is 3. The fourth-order valence-corrected chi connectivity index (χ4v) is 7.88. The van der Waals surface area contributed by atoms with Gasteiger partial charge in [0.05, 0.1) is 12.4 Å². The second-order valence-corrected chi connectivity index (χ2v) is 18.4. The van der Waals surface area contributed by atoms with E-state index in [1.165, 1.54) is 6.08 Å². The number of nitrogen functional groups attached to an aromatic ring is 1. The van der Waals surface area contributed by atoms with Crippen LogP contribution in [0.2, 0.25) is 0 Å². The van der Waals surface area contributed by atoms with E-state index in [4.69, 9.17) is 40.2 Å². The number of fused-ring (bicyclic) bond motifs is 2. The number of nitrogens with one attached hydrogen (secondary N) is 4. The first-order chi connectivity index (χ1) is 33.4. The Labute approximate surface area is 419 Å². The van der Waals surface area contributed by atoms with E-state index in [-0.39, 0.29) is 5.78 Å². The van der Waals surface area contributed by atoms with E-state index in [0.29, 0.717) is 77.9 Å². The molecule has 0 bridgehead atoms. The van der Waals surface area contributed by atoms with Gasteiger partial charge in [0, 0.05) is 91.6 Å². The van der Waals surface area contributed by atoms with Crippen molar-refractivity contribution >= 4 is 84.4 Å². The van der Waals surface area contributed by atoms with Crippen molar-refractivity contribution in [2.45, 2.75) is 96.8 Å². The van der Waals surface area contributed by atoms with Crippen molar-refractivity contribution in [1.29, 1.82) is 0 Å². The molecule has 0 saturated carbocycles. The molecule has 69 heavy (non-hydrogen) atoms. The largest absolute Gasteiger partial charge is 0.478 e. The molecular weight excluding hydrogens is 1010 g/mol. The zero-order valence-corrected chi connectivity index (χ0v) is 42.7. The van der Waals surface area contributed by atoms with Crippen LogP contribution in [0.15, 0.2) is 85.2 Å². The molecule has 0 unspecified atom stereocenters. The van der Waals surface area contributed by atoms with Crippen molar-refractivity contribution in [3.63, 3.8) is 0 Å². The highest BCUT2D eigenvalue weighted by atomic mass is 79.9. The van der Waals surface area contributed by atoms with Crippen molar-refractivity contribution in [2.75, 3.05) is 64.1 Å². The third-order valence-electron chi connectivity index (χ3n) is 11.1. The van der Waals surface area contributed by atoms with Crippen LogP contribution in [0.3, 0.4) is 0 Å². The molecule has 2 saturated heterocycles. The van der Waals surface area contributed by atoms with Crippen LogP contribution in [-0.2, 0) is 38.6 Å². The molecule has 2 aromatic carbocycles. The molecule has 8 rings (SSSR count). The second kappa shape index (κ2) is 26.7. The number of aliphatic carboxylic acids is 1. The van der Waals surface area contributed by atoms with Gasteiger partial charge in [-0.05, 0) is 72.4 Å². The zero-order valence-electron chi connectivity index (χ0n) is 39.6. The lowest BCUT2D eigenvalue weighted by Gasteiger charge is -2.23. The van der Waals surface area contributed by atoms with E-state index in [1.807, 2.05) is 60.9 Å². The minimum absolute atomic E-state index is 0.0867. The number of ketones is 1. The van der Waals surface area contributed by atoms with Gasteiger partial charge in [0.15, 0.2) is 17.1 Å². The second-order valence-electron chi connectivity index (χ2n) is 17.2. The van der Waals surface area contributed by atoms with Gasteiger partial charge in [-0.1, -0.05) is 108 Å². The number of carbonyl (C=O) groups is 2. The molecule has 0 radical (unpaired) electrons. The van der Waals surface area contributed by atoms with E-state index in [9.17, 15) is 9.59 Å². The lowest BCUT2D eigenvalue weighted by Crippen LogP contribution is -2.29. The van der Waals surface area contributed by atoms with Crippen LogP contribution in [0.1, 0.15) is 93.0 Å². The predicted molar refractivity (Wildman–Crippen MR) is 279 cm³/mol. The van der Waals surface area contributed by atoms with E-state index in [1.54, 1.807) is 15.1 Å². The topological polar surface area (TPSA) is 233 Å². The fraction of sp³-hybridized carbons (Fsp3) is 0.429. The Bertz CT molecular complexity index is 2660. The molecule has 0 spiro atoms. The number of anilines is 5. The summed E-state index contributed by atoms with van der Waals surface area (Å²) in [4.78, 5) is 40.7. The van der Waals surface area contributed by atoms with Crippen molar-refractivity contribution in [3.8, 4) is 0 Å². The van der Waals surface area contributed by atoms with Gasteiger partial charge in [0.2, 0.25) is 23.8 Å². The molecule has 7 N–H and O–H groups in total. The monoisotopic (exact) mass is 1070 g/mol. The Balaban J connectivity index is 0.000000202. The van der Waals surface area contributed by atoms with Crippen LogP contribution in [0, 0.1) is 0 Å². The SMILES string of the molecule is CC(C)c1cnn2c(NCc3cccc(CC(=O)/C=C/CBr)c3)nc(NC3CCOCC3)nc12.CC(C)c1cnn2c(NCc3cccc(N)c3)nc(NC3CCOCC3)nc12.O=C(O)/C=C/CBr. The number of ether oxygens (including phenoxy) is 2. The summed E-state index contributed by atoms with van der Waals surface area (Å²) in [5.41, 5.74) is 13.6. The molecule has 368 valence electrons. The summed E-state index contributed by atoms with van der Waals surface area (Å²) < 4.78 is 14.5. The summed E-state index contributed by atoms with van der Waals surface area (Å²) in [6.45, 7) is 12.8. The third kappa shape index (κ3) is 16.1. The van der Waals surface area contributed by atoms with E-state index >= 15 is 0 Å². The fourth-order valence-electron chi connectivity index (χ4n) is 7.51. The molecule has 0 aliphatic carbocycles. The lowest BCUT2D eigenvalue weighted by atomic mass is 10.1. The van der Waals surface area contributed by atoms with Gasteiger partial charge in [-0.15, -0.1) is 0 Å². The number of hydrogen-bond acceptors (Lipinski definition) is 15. The van der Waals surface area contributed by atoms with Gasteiger partial charge < -0.3 is 41.6 Å². The van der Waals surface area contributed by atoms with Gasteiger partial charge in [-0.2, -0.15) is 39.2 Å².